The highest BCUT2D eigenvalue weighted by molar-refractivity contribution is 7.22. The lowest BCUT2D eigenvalue weighted by molar-refractivity contribution is -0.894. The molecule has 1 aromatic carbocycles. The maximum atomic E-state index is 12.9. The van der Waals surface area contributed by atoms with Crippen LogP contribution in [0.2, 0.25) is 0 Å². The van der Waals surface area contributed by atoms with E-state index in [0.29, 0.717) is 12.3 Å². The first kappa shape index (κ1) is 17.6. The molecule has 6 heteroatoms. The molecule has 3 aromatic rings. The molecule has 0 radical (unpaired) electrons. The minimum absolute atomic E-state index is 0.131. The van der Waals surface area contributed by atoms with E-state index in [1.807, 2.05) is 19.1 Å². The van der Waals surface area contributed by atoms with Crippen molar-refractivity contribution >= 4 is 32.6 Å². The van der Waals surface area contributed by atoms with E-state index in [2.05, 4.69) is 19.9 Å². The summed E-state index contributed by atoms with van der Waals surface area (Å²) < 4.78 is 6.43. The number of carbonyl (C=O) groups is 1. The Morgan fingerprint density at radius 3 is 2.68 bits per heavy atom. The largest absolute Gasteiger partial charge is 0.459 e. The highest BCUT2D eigenvalue weighted by Crippen LogP contribution is 2.31. The van der Waals surface area contributed by atoms with Gasteiger partial charge in [-0.05, 0) is 44.5 Å². The second-order valence-corrected chi connectivity index (χ2v) is 7.07. The molecule has 0 bridgehead atoms. The standard InChI is InChI=1S/C19H23N3O2S/c1-4-21(5-2)11-12-22(18(23)15-9-7-13-24-15)19-20-17-14(3)8-6-10-16(17)25-19/h6-10,13H,4-5,11-12H2,1-3H3/p+1. The third-order valence-electron chi connectivity index (χ3n) is 4.51. The van der Waals surface area contributed by atoms with Gasteiger partial charge in [0.05, 0.1) is 42.7 Å². The van der Waals surface area contributed by atoms with Gasteiger partial charge >= 0.3 is 0 Å². The molecule has 5 nitrogen and oxygen atoms in total. The molecule has 1 N–H and O–H groups in total. The van der Waals surface area contributed by atoms with Crippen molar-refractivity contribution in [3.63, 3.8) is 0 Å². The van der Waals surface area contributed by atoms with Gasteiger partial charge < -0.3 is 9.32 Å². The van der Waals surface area contributed by atoms with Crippen LogP contribution in [0.25, 0.3) is 10.2 Å². The second-order valence-electron chi connectivity index (χ2n) is 6.06. The summed E-state index contributed by atoms with van der Waals surface area (Å²) in [7, 11) is 0. The van der Waals surface area contributed by atoms with Gasteiger partial charge in [-0.25, -0.2) is 4.98 Å². The molecular weight excluding hydrogens is 334 g/mol. The number of aryl methyl sites for hydroxylation is 1. The summed E-state index contributed by atoms with van der Waals surface area (Å²) in [5.74, 6) is 0.221. The molecule has 3 rings (SSSR count). The van der Waals surface area contributed by atoms with Crippen LogP contribution in [0, 0.1) is 6.92 Å². The zero-order valence-electron chi connectivity index (χ0n) is 14.9. The van der Waals surface area contributed by atoms with Crippen LogP contribution in [0.5, 0.6) is 0 Å². The maximum Gasteiger partial charge on any atom is 0.295 e. The van der Waals surface area contributed by atoms with E-state index >= 15 is 0 Å². The summed E-state index contributed by atoms with van der Waals surface area (Å²) in [6.45, 7) is 9.96. The normalized spacial score (nSPS) is 11.4. The molecule has 0 unspecified atom stereocenters. The van der Waals surface area contributed by atoms with E-state index in [1.54, 1.807) is 28.4 Å². The molecule has 1 amide bonds. The number of furan rings is 1. The Kier molecular flexibility index (Phi) is 5.50. The van der Waals surface area contributed by atoms with Gasteiger partial charge in [-0.15, -0.1) is 0 Å². The number of quaternary nitrogens is 1. The molecule has 132 valence electrons. The number of nitrogens with one attached hydrogen (secondary N) is 1. The highest BCUT2D eigenvalue weighted by Gasteiger charge is 2.24. The number of hydrogen-bond donors (Lipinski definition) is 1. The molecule has 0 aliphatic rings. The SMILES string of the molecule is CC[NH+](CC)CCN(C(=O)c1ccco1)c1nc2c(C)cccc2s1. The van der Waals surface area contributed by atoms with Crippen molar-refractivity contribution in [1.29, 1.82) is 0 Å². The number of para-hydroxylation sites is 1. The van der Waals surface area contributed by atoms with Crippen LogP contribution in [-0.2, 0) is 0 Å². The molecule has 0 aliphatic carbocycles. The van der Waals surface area contributed by atoms with E-state index in [9.17, 15) is 4.79 Å². The predicted octanol–water partition coefficient (Wildman–Crippen LogP) is 2.77. The van der Waals surface area contributed by atoms with Crippen molar-refractivity contribution in [3.05, 3.63) is 47.9 Å². The number of thiazole rings is 1. The van der Waals surface area contributed by atoms with Gasteiger partial charge in [0.1, 0.15) is 0 Å². The lowest BCUT2D eigenvalue weighted by atomic mass is 10.2. The first-order valence-corrected chi connectivity index (χ1v) is 9.50. The second kappa shape index (κ2) is 7.80. The summed E-state index contributed by atoms with van der Waals surface area (Å²) in [4.78, 5) is 20.9. The molecular formula is C19H24N3O2S+. The fourth-order valence-electron chi connectivity index (χ4n) is 2.88. The lowest BCUT2D eigenvalue weighted by Gasteiger charge is -2.22. The summed E-state index contributed by atoms with van der Waals surface area (Å²) in [6.07, 6.45) is 1.53. The molecule has 2 aromatic heterocycles. The summed E-state index contributed by atoms with van der Waals surface area (Å²) in [5, 5.41) is 0.734. The van der Waals surface area contributed by atoms with Crippen LogP contribution in [0.15, 0.2) is 41.0 Å². The Hall–Kier alpha value is -2.18. The molecule has 0 fully saturated rings. The van der Waals surface area contributed by atoms with Crippen molar-refractivity contribution in [1.82, 2.24) is 4.98 Å². The Bertz CT molecular complexity index is 838. The van der Waals surface area contributed by atoms with Crippen molar-refractivity contribution in [2.75, 3.05) is 31.1 Å². The Morgan fingerprint density at radius 1 is 1.24 bits per heavy atom. The number of anilines is 1. The first-order valence-electron chi connectivity index (χ1n) is 8.69. The number of likely N-dealkylation sites (N-methyl/N-ethyl adjacent to an activating group) is 1. The van der Waals surface area contributed by atoms with Gasteiger partial charge in [-0.3, -0.25) is 9.69 Å². The van der Waals surface area contributed by atoms with Crippen LogP contribution < -0.4 is 9.80 Å². The topological polar surface area (TPSA) is 50.8 Å². The van der Waals surface area contributed by atoms with Crippen molar-refractivity contribution in [3.8, 4) is 0 Å². The van der Waals surface area contributed by atoms with Gasteiger partial charge in [0.15, 0.2) is 10.9 Å². The number of aromatic nitrogens is 1. The van der Waals surface area contributed by atoms with Gasteiger partial charge in [0.25, 0.3) is 5.91 Å². The molecule has 0 saturated heterocycles. The minimum Gasteiger partial charge on any atom is -0.459 e. The van der Waals surface area contributed by atoms with E-state index in [-0.39, 0.29) is 5.91 Å². The number of carbonyl (C=O) groups excluding carboxylic acids is 1. The van der Waals surface area contributed by atoms with E-state index in [0.717, 1.165) is 40.5 Å². The van der Waals surface area contributed by atoms with Crippen LogP contribution in [0.3, 0.4) is 0 Å². The molecule has 2 heterocycles. The third-order valence-corrected chi connectivity index (χ3v) is 5.55. The van der Waals surface area contributed by atoms with Crippen molar-refractivity contribution < 1.29 is 14.1 Å². The van der Waals surface area contributed by atoms with Crippen LogP contribution in [-0.4, -0.2) is 37.1 Å². The van der Waals surface area contributed by atoms with Crippen LogP contribution in [0.4, 0.5) is 5.13 Å². The number of amides is 1. The first-order chi connectivity index (χ1) is 12.1. The van der Waals surface area contributed by atoms with Gasteiger partial charge in [-0.1, -0.05) is 23.5 Å². The fraction of sp³-hybridized carbons (Fsp3) is 0.368. The average molecular weight is 358 g/mol. The summed E-state index contributed by atoms with van der Waals surface area (Å²) >= 11 is 1.56. The fourth-order valence-corrected chi connectivity index (χ4v) is 3.95. The molecule has 0 atom stereocenters. The van der Waals surface area contributed by atoms with Crippen molar-refractivity contribution in [2.45, 2.75) is 20.8 Å². The number of hydrogen-bond acceptors (Lipinski definition) is 4. The molecule has 0 saturated carbocycles. The van der Waals surface area contributed by atoms with Crippen molar-refractivity contribution in [2.24, 2.45) is 0 Å². The van der Waals surface area contributed by atoms with Crippen LogP contribution >= 0.6 is 11.3 Å². The van der Waals surface area contributed by atoms with E-state index in [1.165, 1.54) is 11.2 Å². The Labute approximate surface area is 151 Å². The van der Waals surface area contributed by atoms with E-state index in [4.69, 9.17) is 9.40 Å². The minimum atomic E-state index is -0.131. The molecule has 25 heavy (non-hydrogen) atoms. The highest BCUT2D eigenvalue weighted by atomic mass is 32.1. The number of rotatable bonds is 7. The van der Waals surface area contributed by atoms with Gasteiger partial charge in [-0.2, -0.15) is 0 Å². The zero-order chi connectivity index (χ0) is 17.8. The quantitative estimate of drug-likeness (QED) is 0.707. The lowest BCUT2D eigenvalue weighted by Crippen LogP contribution is -3.12. The monoisotopic (exact) mass is 358 g/mol. The summed E-state index contributed by atoms with van der Waals surface area (Å²) in [5.41, 5.74) is 2.09. The Morgan fingerprint density at radius 2 is 2.04 bits per heavy atom. The summed E-state index contributed by atoms with van der Waals surface area (Å²) in [6, 6.07) is 9.57. The molecule has 0 aliphatic heterocycles. The maximum absolute atomic E-state index is 12.9. The number of nitrogens with zero attached hydrogens (tertiary/aromatic N) is 2. The van der Waals surface area contributed by atoms with Gasteiger partial charge in [0.2, 0.25) is 0 Å². The Balaban J connectivity index is 1.94. The zero-order valence-corrected chi connectivity index (χ0v) is 15.7. The van der Waals surface area contributed by atoms with Crippen LogP contribution in [0.1, 0.15) is 30.0 Å². The predicted molar refractivity (Wildman–Crippen MR) is 102 cm³/mol. The third kappa shape index (κ3) is 3.75. The molecule has 0 spiro atoms. The van der Waals surface area contributed by atoms with Gasteiger partial charge in [0, 0.05) is 0 Å². The smallest absolute Gasteiger partial charge is 0.295 e. The number of fused-ring (bicyclic) bond motifs is 1. The van der Waals surface area contributed by atoms with E-state index < -0.39 is 0 Å². The number of benzene rings is 1. The average Bonchev–Trinajstić information content (AvgIpc) is 3.28.